The molecule has 1 fully saturated rings. The third-order valence-corrected chi connectivity index (χ3v) is 9.64. The minimum atomic E-state index is -3.67. The van der Waals surface area contributed by atoms with Crippen molar-refractivity contribution in [3.8, 4) is 0 Å². The number of hydrogen-bond acceptors (Lipinski definition) is 6. The normalized spacial score (nSPS) is 18.9. The minimum Gasteiger partial charge on any atom is -0.465 e. The van der Waals surface area contributed by atoms with E-state index in [0.717, 1.165) is 36.4 Å². The first-order valence-electron chi connectivity index (χ1n) is 10.4. The van der Waals surface area contributed by atoms with Crippen molar-refractivity contribution in [1.82, 2.24) is 9.21 Å². The van der Waals surface area contributed by atoms with Gasteiger partial charge in [0, 0.05) is 37.6 Å². The van der Waals surface area contributed by atoms with Gasteiger partial charge in [0.05, 0.1) is 12.7 Å². The van der Waals surface area contributed by atoms with Crippen LogP contribution in [0.15, 0.2) is 34.5 Å². The highest BCUT2D eigenvalue weighted by molar-refractivity contribution is 7.91. The fraction of sp³-hybridized carbons (Fsp3) is 0.500. The van der Waals surface area contributed by atoms with E-state index in [1.165, 1.54) is 28.3 Å². The van der Waals surface area contributed by atoms with Crippen molar-refractivity contribution < 1.29 is 17.9 Å². The van der Waals surface area contributed by atoms with Gasteiger partial charge in [0.1, 0.15) is 4.21 Å². The molecule has 0 radical (unpaired) electrons. The van der Waals surface area contributed by atoms with Crippen LogP contribution in [0.25, 0.3) is 0 Å². The number of nitrogens with zero attached hydrogens (tertiary/aromatic N) is 2. The zero-order valence-electron chi connectivity index (χ0n) is 17.5. The summed E-state index contributed by atoms with van der Waals surface area (Å²) in [5.74, 6) is -0.169. The fourth-order valence-corrected chi connectivity index (χ4v) is 7.98. The van der Waals surface area contributed by atoms with Crippen molar-refractivity contribution in [1.29, 1.82) is 0 Å². The van der Waals surface area contributed by atoms with Gasteiger partial charge in [-0.25, -0.2) is 13.2 Å². The van der Waals surface area contributed by atoms with E-state index in [1.54, 1.807) is 0 Å². The maximum absolute atomic E-state index is 13.3. The van der Waals surface area contributed by atoms with E-state index < -0.39 is 16.0 Å². The first-order valence-corrected chi connectivity index (χ1v) is 12.7. The lowest BCUT2D eigenvalue weighted by molar-refractivity contribution is 0.0595. The molecule has 2 aliphatic heterocycles. The molecule has 0 aliphatic carbocycles. The lowest BCUT2D eigenvalue weighted by Gasteiger charge is -2.29. The molecule has 8 heteroatoms. The summed E-state index contributed by atoms with van der Waals surface area (Å²) in [7, 11) is -2.35. The number of carbonyl (C=O) groups excluding carboxylic acids is 1. The molecule has 1 unspecified atom stereocenters. The Morgan fingerprint density at radius 1 is 1.17 bits per heavy atom. The third kappa shape index (κ3) is 4.06. The van der Waals surface area contributed by atoms with Crippen molar-refractivity contribution >= 4 is 27.3 Å². The number of hydrogen-bond donors (Lipinski definition) is 0. The Labute approximate surface area is 182 Å². The summed E-state index contributed by atoms with van der Waals surface area (Å²) in [5.41, 5.74) is 2.41. The topological polar surface area (TPSA) is 66.9 Å². The predicted molar refractivity (Wildman–Crippen MR) is 117 cm³/mol. The summed E-state index contributed by atoms with van der Waals surface area (Å²) in [4.78, 5) is 15.9. The summed E-state index contributed by atoms with van der Waals surface area (Å²) < 4.78 is 33.2. The lowest BCUT2D eigenvalue weighted by Crippen LogP contribution is -2.33. The van der Waals surface area contributed by atoms with Crippen LogP contribution < -0.4 is 0 Å². The summed E-state index contributed by atoms with van der Waals surface area (Å²) in [6, 6.07) is 10.4. The molecule has 4 rings (SSSR count). The zero-order valence-corrected chi connectivity index (χ0v) is 19.1. The Hall–Kier alpha value is -1.74. The molecule has 1 saturated heterocycles. The standard InChI is InChI=1S/C22H28N2O4S2/c1-16(17-8-4-3-5-9-17)14-23-13-10-18-19(15-23)29-22(20(18)21(25)28-2)30(26,27)24-11-6-7-12-24/h3-5,8-9,16H,6-7,10-15H2,1-2H3. The van der Waals surface area contributed by atoms with Gasteiger partial charge in [-0.15, -0.1) is 11.3 Å². The molecule has 2 aromatic rings. The van der Waals surface area contributed by atoms with Crippen LogP contribution >= 0.6 is 11.3 Å². The van der Waals surface area contributed by atoms with Gasteiger partial charge in [-0.1, -0.05) is 37.3 Å². The molecule has 1 atom stereocenters. The van der Waals surface area contributed by atoms with Crippen LogP contribution in [0.4, 0.5) is 0 Å². The molecule has 30 heavy (non-hydrogen) atoms. The first-order chi connectivity index (χ1) is 14.4. The molecule has 0 amide bonds. The lowest BCUT2D eigenvalue weighted by atomic mass is 9.98. The van der Waals surface area contributed by atoms with Crippen molar-refractivity contribution in [3.05, 3.63) is 51.9 Å². The highest BCUT2D eigenvalue weighted by Crippen LogP contribution is 2.39. The van der Waals surface area contributed by atoms with Crippen molar-refractivity contribution in [3.63, 3.8) is 0 Å². The monoisotopic (exact) mass is 448 g/mol. The molecule has 1 aromatic heterocycles. The molecule has 3 heterocycles. The number of fused-ring (bicyclic) bond motifs is 1. The second-order valence-electron chi connectivity index (χ2n) is 8.07. The Morgan fingerprint density at radius 2 is 1.87 bits per heavy atom. The fourth-order valence-electron chi connectivity index (χ4n) is 4.40. The molecule has 0 spiro atoms. The number of rotatable bonds is 6. The summed E-state index contributed by atoms with van der Waals surface area (Å²) in [6.45, 7) is 5.61. The highest BCUT2D eigenvalue weighted by Gasteiger charge is 2.37. The smallest absolute Gasteiger partial charge is 0.340 e. The molecule has 0 bridgehead atoms. The molecule has 6 nitrogen and oxygen atoms in total. The third-order valence-electron chi connectivity index (χ3n) is 6.03. The van der Waals surface area contributed by atoms with E-state index in [0.29, 0.717) is 32.0 Å². The molecule has 0 saturated carbocycles. The van der Waals surface area contributed by atoms with E-state index in [9.17, 15) is 13.2 Å². The van der Waals surface area contributed by atoms with Crippen molar-refractivity contribution in [2.45, 2.75) is 42.9 Å². The Balaban J connectivity index is 1.61. The van der Waals surface area contributed by atoms with E-state index in [1.807, 2.05) is 6.07 Å². The van der Waals surface area contributed by atoms with Crippen LogP contribution in [-0.4, -0.2) is 56.9 Å². The van der Waals surface area contributed by atoms with Crippen LogP contribution in [-0.2, 0) is 27.7 Å². The number of methoxy groups -OCH3 is 1. The maximum Gasteiger partial charge on any atom is 0.340 e. The average molecular weight is 449 g/mol. The van der Waals surface area contributed by atoms with Gasteiger partial charge in [0.15, 0.2) is 0 Å². The SMILES string of the molecule is COC(=O)c1c(S(=O)(=O)N2CCCC2)sc2c1CCN(CC(C)c1ccccc1)C2. The number of sulfonamides is 1. The molecule has 2 aliphatic rings. The van der Waals surface area contributed by atoms with Crippen molar-refractivity contribution in [2.75, 3.05) is 33.3 Å². The summed E-state index contributed by atoms with van der Waals surface area (Å²) in [5, 5.41) is 0. The molecular formula is C22H28N2O4S2. The number of esters is 1. The molecular weight excluding hydrogens is 420 g/mol. The number of benzene rings is 1. The van der Waals surface area contributed by atoms with E-state index in [4.69, 9.17) is 4.74 Å². The Kier molecular flexibility index (Phi) is 6.29. The van der Waals surface area contributed by atoms with E-state index in [2.05, 4.69) is 36.1 Å². The van der Waals surface area contributed by atoms with E-state index in [-0.39, 0.29) is 9.77 Å². The van der Waals surface area contributed by atoms with Gasteiger partial charge >= 0.3 is 5.97 Å². The van der Waals surface area contributed by atoms with Crippen LogP contribution in [0, 0.1) is 0 Å². The average Bonchev–Trinajstić information content (AvgIpc) is 3.42. The van der Waals surface area contributed by atoms with Crippen LogP contribution in [0.1, 0.15) is 52.0 Å². The number of ether oxygens (including phenoxy) is 1. The quantitative estimate of drug-likeness (QED) is 0.633. The summed E-state index contributed by atoms with van der Waals surface area (Å²) in [6.07, 6.45) is 2.39. The van der Waals surface area contributed by atoms with Gasteiger partial charge < -0.3 is 4.74 Å². The van der Waals surface area contributed by atoms with Crippen molar-refractivity contribution in [2.24, 2.45) is 0 Å². The van der Waals surface area contributed by atoms with Gasteiger partial charge in [0.2, 0.25) is 0 Å². The Bertz CT molecular complexity index is 1010. The van der Waals surface area contributed by atoms with Gasteiger partial charge in [-0.2, -0.15) is 4.31 Å². The largest absolute Gasteiger partial charge is 0.465 e. The molecule has 1 aromatic carbocycles. The zero-order chi connectivity index (χ0) is 21.3. The minimum absolute atomic E-state index is 0.166. The predicted octanol–water partition coefficient (Wildman–Crippen LogP) is 3.48. The number of carbonyl (C=O) groups is 1. The first kappa shape index (κ1) is 21.5. The van der Waals surface area contributed by atoms with Gasteiger partial charge in [-0.3, -0.25) is 4.90 Å². The maximum atomic E-state index is 13.3. The van der Waals surface area contributed by atoms with Crippen LogP contribution in [0.3, 0.4) is 0 Å². The van der Waals surface area contributed by atoms with E-state index >= 15 is 0 Å². The summed E-state index contributed by atoms with van der Waals surface area (Å²) >= 11 is 1.25. The second kappa shape index (κ2) is 8.78. The second-order valence-corrected chi connectivity index (χ2v) is 11.3. The van der Waals surface area contributed by atoms with Crippen LogP contribution in [0.2, 0.25) is 0 Å². The van der Waals surface area contributed by atoms with Gasteiger partial charge in [-0.05, 0) is 36.3 Å². The Morgan fingerprint density at radius 3 is 2.53 bits per heavy atom. The van der Waals surface area contributed by atoms with Gasteiger partial charge in [0.25, 0.3) is 10.0 Å². The molecule has 0 N–H and O–H groups in total. The van der Waals surface area contributed by atoms with Crippen LogP contribution in [0.5, 0.6) is 0 Å². The number of thiophene rings is 1. The highest BCUT2D eigenvalue weighted by atomic mass is 32.2. The molecule has 162 valence electrons.